The SMILES string of the molecule is Cc1cccnc1S(=O)(=O)N1CCCC1c1cccc(F)c1. The van der Waals surface area contributed by atoms with Gasteiger partial charge in [-0.2, -0.15) is 4.31 Å². The van der Waals surface area contributed by atoms with Crippen LogP contribution in [0, 0.1) is 12.7 Å². The molecule has 116 valence electrons. The zero-order valence-electron chi connectivity index (χ0n) is 12.2. The molecule has 0 aliphatic carbocycles. The van der Waals surface area contributed by atoms with Crippen LogP contribution in [0.25, 0.3) is 0 Å². The second-order valence-corrected chi connectivity index (χ2v) is 7.26. The Kier molecular flexibility index (Phi) is 3.97. The van der Waals surface area contributed by atoms with Gasteiger partial charge in [-0.3, -0.25) is 0 Å². The van der Waals surface area contributed by atoms with Gasteiger partial charge in [0.15, 0.2) is 5.03 Å². The van der Waals surface area contributed by atoms with Gasteiger partial charge in [0.1, 0.15) is 5.82 Å². The van der Waals surface area contributed by atoms with Crippen LogP contribution in [-0.2, 0) is 10.0 Å². The predicted octanol–water partition coefficient (Wildman–Crippen LogP) is 3.05. The van der Waals surface area contributed by atoms with Gasteiger partial charge in [-0.25, -0.2) is 17.8 Å². The number of hydrogen-bond donors (Lipinski definition) is 0. The van der Waals surface area contributed by atoms with Crippen LogP contribution < -0.4 is 0 Å². The second kappa shape index (κ2) is 5.78. The summed E-state index contributed by atoms with van der Waals surface area (Å²) in [5, 5.41) is 0.0818. The maximum atomic E-state index is 13.5. The van der Waals surface area contributed by atoms with E-state index < -0.39 is 10.0 Å². The molecule has 0 amide bonds. The molecule has 1 atom stereocenters. The Morgan fingerprint density at radius 2 is 2.09 bits per heavy atom. The number of rotatable bonds is 3. The number of nitrogens with zero attached hydrogens (tertiary/aromatic N) is 2. The van der Waals surface area contributed by atoms with Gasteiger partial charge in [-0.1, -0.05) is 18.2 Å². The van der Waals surface area contributed by atoms with E-state index in [2.05, 4.69) is 4.98 Å². The summed E-state index contributed by atoms with van der Waals surface area (Å²) in [5.41, 5.74) is 1.31. The van der Waals surface area contributed by atoms with Gasteiger partial charge >= 0.3 is 0 Å². The molecule has 0 spiro atoms. The molecule has 4 nitrogen and oxygen atoms in total. The van der Waals surface area contributed by atoms with Crippen LogP contribution in [0.3, 0.4) is 0 Å². The van der Waals surface area contributed by atoms with E-state index in [1.807, 2.05) is 0 Å². The van der Waals surface area contributed by atoms with Crippen LogP contribution in [-0.4, -0.2) is 24.3 Å². The lowest BCUT2D eigenvalue weighted by Crippen LogP contribution is -2.31. The molecule has 2 heterocycles. The molecule has 0 N–H and O–H groups in total. The third-order valence-electron chi connectivity index (χ3n) is 3.95. The lowest BCUT2D eigenvalue weighted by atomic mass is 10.1. The largest absolute Gasteiger partial charge is 0.261 e. The number of aromatic nitrogens is 1. The zero-order valence-corrected chi connectivity index (χ0v) is 13.1. The van der Waals surface area contributed by atoms with E-state index in [-0.39, 0.29) is 16.9 Å². The third kappa shape index (κ3) is 2.64. The zero-order chi connectivity index (χ0) is 15.7. The first kappa shape index (κ1) is 15.1. The molecule has 0 saturated carbocycles. The van der Waals surface area contributed by atoms with Gasteiger partial charge in [0, 0.05) is 12.7 Å². The molecular formula is C16H17FN2O2S. The molecule has 1 saturated heterocycles. The highest BCUT2D eigenvalue weighted by Gasteiger charge is 2.37. The van der Waals surface area contributed by atoms with Gasteiger partial charge in [-0.15, -0.1) is 0 Å². The lowest BCUT2D eigenvalue weighted by molar-refractivity contribution is 0.393. The van der Waals surface area contributed by atoms with Crippen LogP contribution in [0.15, 0.2) is 47.6 Å². The molecule has 1 aliphatic heterocycles. The number of halogens is 1. The Morgan fingerprint density at radius 3 is 2.82 bits per heavy atom. The standard InChI is InChI=1S/C16H17FN2O2S/c1-12-5-3-9-18-16(12)22(20,21)19-10-4-8-15(19)13-6-2-7-14(17)11-13/h2-3,5-7,9,11,15H,4,8,10H2,1H3. The van der Waals surface area contributed by atoms with E-state index >= 15 is 0 Å². The summed E-state index contributed by atoms with van der Waals surface area (Å²) >= 11 is 0. The van der Waals surface area contributed by atoms with E-state index in [1.54, 1.807) is 31.2 Å². The van der Waals surface area contributed by atoms with Crippen LogP contribution in [0.1, 0.15) is 30.0 Å². The lowest BCUT2D eigenvalue weighted by Gasteiger charge is -2.24. The van der Waals surface area contributed by atoms with Crippen molar-refractivity contribution in [2.75, 3.05) is 6.54 Å². The maximum Gasteiger partial charge on any atom is 0.261 e. The minimum Gasteiger partial charge on any atom is -0.243 e. The highest BCUT2D eigenvalue weighted by atomic mass is 32.2. The van der Waals surface area contributed by atoms with Crippen LogP contribution in [0.4, 0.5) is 4.39 Å². The van der Waals surface area contributed by atoms with E-state index in [0.717, 1.165) is 6.42 Å². The summed E-state index contributed by atoms with van der Waals surface area (Å²) in [6.07, 6.45) is 2.92. The number of benzene rings is 1. The van der Waals surface area contributed by atoms with Gasteiger partial charge < -0.3 is 0 Å². The number of hydrogen-bond acceptors (Lipinski definition) is 3. The van der Waals surface area contributed by atoms with Crippen LogP contribution >= 0.6 is 0 Å². The Balaban J connectivity index is 2.01. The Bertz CT molecular complexity index is 792. The molecule has 1 aliphatic rings. The molecule has 22 heavy (non-hydrogen) atoms. The average molecular weight is 320 g/mol. The second-order valence-electron chi connectivity index (χ2n) is 5.45. The Labute approximate surface area is 129 Å². The number of aryl methyl sites for hydroxylation is 1. The molecule has 0 bridgehead atoms. The van der Waals surface area contributed by atoms with E-state index in [9.17, 15) is 12.8 Å². The monoisotopic (exact) mass is 320 g/mol. The first-order valence-corrected chi connectivity index (χ1v) is 8.63. The van der Waals surface area contributed by atoms with Gasteiger partial charge in [0.05, 0.1) is 6.04 Å². The molecule has 1 unspecified atom stereocenters. The van der Waals surface area contributed by atoms with Crippen molar-refractivity contribution in [2.24, 2.45) is 0 Å². The Hall–Kier alpha value is -1.79. The molecule has 1 fully saturated rings. The molecule has 0 radical (unpaired) electrons. The van der Waals surface area contributed by atoms with Crippen molar-refractivity contribution >= 4 is 10.0 Å². The molecule has 1 aromatic heterocycles. The summed E-state index contributed by atoms with van der Waals surface area (Å²) < 4.78 is 40.7. The van der Waals surface area contributed by atoms with E-state index in [1.165, 1.54) is 22.6 Å². The normalized spacial score (nSPS) is 19.5. The highest BCUT2D eigenvalue weighted by molar-refractivity contribution is 7.89. The summed E-state index contributed by atoms with van der Waals surface area (Å²) in [6, 6.07) is 9.26. The summed E-state index contributed by atoms with van der Waals surface area (Å²) in [4.78, 5) is 4.04. The number of sulfonamides is 1. The van der Waals surface area contributed by atoms with E-state index in [4.69, 9.17) is 0 Å². The van der Waals surface area contributed by atoms with Crippen molar-refractivity contribution in [3.05, 3.63) is 59.5 Å². The quantitative estimate of drug-likeness (QED) is 0.873. The Morgan fingerprint density at radius 1 is 1.27 bits per heavy atom. The molecule has 3 rings (SSSR count). The average Bonchev–Trinajstić information content (AvgIpc) is 2.98. The van der Waals surface area contributed by atoms with Crippen molar-refractivity contribution in [2.45, 2.75) is 30.8 Å². The summed E-state index contributed by atoms with van der Waals surface area (Å²) in [6.45, 7) is 2.16. The van der Waals surface area contributed by atoms with Crippen LogP contribution in [0.2, 0.25) is 0 Å². The molecule has 1 aromatic carbocycles. The van der Waals surface area contributed by atoms with E-state index in [0.29, 0.717) is 24.1 Å². The van der Waals surface area contributed by atoms with Crippen molar-refractivity contribution in [3.8, 4) is 0 Å². The minimum absolute atomic E-state index is 0.0818. The van der Waals surface area contributed by atoms with Crippen molar-refractivity contribution in [1.29, 1.82) is 0 Å². The first-order valence-electron chi connectivity index (χ1n) is 7.19. The highest BCUT2D eigenvalue weighted by Crippen LogP contribution is 2.36. The van der Waals surface area contributed by atoms with Crippen LogP contribution in [0.5, 0.6) is 0 Å². The van der Waals surface area contributed by atoms with Crippen molar-refractivity contribution in [1.82, 2.24) is 9.29 Å². The predicted molar refractivity (Wildman–Crippen MR) is 81.2 cm³/mol. The third-order valence-corrected chi connectivity index (χ3v) is 5.92. The fourth-order valence-electron chi connectivity index (χ4n) is 2.93. The topological polar surface area (TPSA) is 50.3 Å². The molecular weight excluding hydrogens is 303 g/mol. The minimum atomic E-state index is -3.68. The fourth-order valence-corrected chi connectivity index (χ4v) is 4.75. The first-order chi connectivity index (χ1) is 10.5. The molecule has 6 heteroatoms. The maximum absolute atomic E-state index is 13.5. The number of pyridine rings is 1. The van der Waals surface area contributed by atoms with Crippen molar-refractivity contribution < 1.29 is 12.8 Å². The molecule has 2 aromatic rings. The van der Waals surface area contributed by atoms with Gasteiger partial charge in [0.25, 0.3) is 10.0 Å². The van der Waals surface area contributed by atoms with Gasteiger partial charge in [0.2, 0.25) is 0 Å². The van der Waals surface area contributed by atoms with Crippen molar-refractivity contribution in [3.63, 3.8) is 0 Å². The summed E-state index contributed by atoms with van der Waals surface area (Å²) in [7, 11) is -3.68. The summed E-state index contributed by atoms with van der Waals surface area (Å²) in [5.74, 6) is -0.351. The van der Waals surface area contributed by atoms with Gasteiger partial charge in [-0.05, 0) is 49.1 Å². The fraction of sp³-hybridized carbons (Fsp3) is 0.312. The smallest absolute Gasteiger partial charge is 0.243 e.